The Kier molecular flexibility index (Phi) is 6.71. The first-order valence-corrected chi connectivity index (χ1v) is 8.38. The van der Waals surface area contributed by atoms with Gasteiger partial charge in [-0.3, -0.25) is 0 Å². The molecule has 1 fully saturated rings. The first-order chi connectivity index (χ1) is 11.1. The SMILES string of the molecule is COCCCCOc1c(C(=O)O)ccc(N2CCCCC2)c1C. The highest BCUT2D eigenvalue weighted by Gasteiger charge is 2.20. The second-order valence-electron chi connectivity index (χ2n) is 5.99. The first kappa shape index (κ1) is 17.6. The van der Waals surface area contributed by atoms with Crippen LogP contribution in [-0.2, 0) is 4.74 Å². The van der Waals surface area contributed by atoms with Gasteiger partial charge in [-0.25, -0.2) is 4.79 Å². The van der Waals surface area contributed by atoms with E-state index < -0.39 is 5.97 Å². The third kappa shape index (κ3) is 4.61. The zero-order valence-corrected chi connectivity index (χ0v) is 14.1. The van der Waals surface area contributed by atoms with Gasteiger partial charge in [0.2, 0.25) is 0 Å². The number of rotatable bonds is 8. The molecule has 0 atom stereocenters. The number of aromatic carboxylic acids is 1. The summed E-state index contributed by atoms with van der Waals surface area (Å²) in [4.78, 5) is 13.8. The molecular formula is C18H27NO4. The average molecular weight is 321 g/mol. The molecule has 0 amide bonds. The summed E-state index contributed by atoms with van der Waals surface area (Å²) in [6.45, 7) is 5.22. The smallest absolute Gasteiger partial charge is 0.339 e. The molecule has 0 spiro atoms. The van der Waals surface area contributed by atoms with Crippen molar-refractivity contribution in [3.8, 4) is 5.75 Å². The van der Waals surface area contributed by atoms with E-state index >= 15 is 0 Å². The molecule has 1 heterocycles. The van der Waals surface area contributed by atoms with E-state index in [1.807, 2.05) is 13.0 Å². The van der Waals surface area contributed by atoms with E-state index in [4.69, 9.17) is 9.47 Å². The number of ether oxygens (including phenoxy) is 2. The predicted molar refractivity (Wildman–Crippen MR) is 90.8 cm³/mol. The van der Waals surface area contributed by atoms with Crippen molar-refractivity contribution in [2.75, 3.05) is 38.3 Å². The number of hydrogen-bond donors (Lipinski definition) is 1. The first-order valence-electron chi connectivity index (χ1n) is 8.38. The van der Waals surface area contributed by atoms with E-state index in [0.717, 1.165) is 37.2 Å². The van der Waals surface area contributed by atoms with Crippen LogP contribution in [0.3, 0.4) is 0 Å². The topological polar surface area (TPSA) is 59.0 Å². The van der Waals surface area contributed by atoms with Gasteiger partial charge in [0.25, 0.3) is 0 Å². The van der Waals surface area contributed by atoms with Gasteiger partial charge in [0.1, 0.15) is 11.3 Å². The normalized spacial score (nSPS) is 14.8. The van der Waals surface area contributed by atoms with Crippen molar-refractivity contribution in [2.24, 2.45) is 0 Å². The Hall–Kier alpha value is -1.75. The van der Waals surface area contributed by atoms with Crippen LogP contribution in [0.25, 0.3) is 0 Å². The monoisotopic (exact) mass is 321 g/mol. The van der Waals surface area contributed by atoms with E-state index in [1.165, 1.54) is 19.3 Å². The van der Waals surface area contributed by atoms with E-state index in [0.29, 0.717) is 19.0 Å². The molecule has 1 aliphatic heterocycles. The molecule has 5 heteroatoms. The highest BCUT2D eigenvalue weighted by molar-refractivity contribution is 5.92. The fraction of sp³-hybridized carbons (Fsp3) is 0.611. The maximum atomic E-state index is 11.5. The number of nitrogens with zero attached hydrogens (tertiary/aromatic N) is 1. The Labute approximate surface area is 138 Å². The molecule has 1 saturated heterocycles. The van der Waals surface area contributed by atoms with Crippen LogP contribution in [0.2, 0.25) is 0 Å². The van der Waals surface area contributed by atoms with E-state index in [1.54, 1.807) is 13.2 Å². The standard InChI is InChI=1S/C18H27NO4/c1-14-16(19-10-4-3-5-11-19)9-8-15(18(20)21)17(14)23-13-7-6-12-22-2/h8-9H,3-7,10-13H2,1-2H3,(H,20,21). The van der Waals surface area contributed by atoms with Gasteiger partial charge >= 0.3 is 5.97 Å². The van der Waals surface area contributed by atoms with Crippen LogP contribution in [0.1, 0.15) is 48.0 Å². The minimum absolute atomic E-state index is 0.245. The van der Waals surface area contributed by atoms with Gasteiger partial charge in [0.05, 0.1) is 6.61 Å². The van der Waals surface area contributed by atoms with Crippen molar-refractivity contribution < 1.29 is 19.4 Å². The number of carboxylic acids is 1. The lowest BCUT2D eigenvalue weighted by Crippen LogP contribution is -2.30. The summed E-state index contributed by atoms with van der Waals surface area (Å²) < 4.78 is 10.9. The lowest BCUT2D eigenvalue weighted by Gasteiger charge is -2.31. The molecular weight excluding hydrogens is 294 g/mol. The number of benzene rings is 1. The lowest BCUT2D eigenvalue weighted by atomic mass is 10.0. The summed E-state index contributed by atoms with van der Waals surface area (Å²) in [7, 11) is 1.68. The molecule has 0 saturated carbocycles. The van der Waals surface area contributed by atoms with Gasteiger partial charge in [-0.2, -0.15) is 0 Å². The summed E-state index contributed by atoms with van der Waals surface area (Å²) in [5.74, 6) is -0.428. The number of hydrogen-bond acceptors (Lipinski definition) is 4. The Balaban J connectivity index is 2.16. The third-order valence-electron chi connectivity index (χ3n) is 4.29. The summed E-state index contributed by atoms with van der Waals surface area (Å²) in [5, 5.41) is 9.42. The molecule has 0 bridgehead atoms. The highest BCUT2D eigenvalue weighted by atomic mass is 16.5. The second-order valence-corrected chi connectivity index (χ2v) is 5.99. The van der Waals surface area contributed by atoms with Crippen LogP contribution in [0, 0.1) is 6.92 Å². The molecule has 128 valence electrons. The zero-order chi connectivity index (χ0) is 16.7. The van der Waals surface area contributed by atoms with Gasteiger partial charge in [0.15, 0.2) is 0 Å². The van der Waals surface area contributed by atoms with Crippen LogP contribution in [0.5, 0.6) is 5.75 Å². The van der Waals surface area contributed by atoms with Gasteiger partial charge in [-0.05, 0) is 51.2 Å². The van der Waals surface area contributed by atoms with Gasteiger partial charge in [-0.1, -0.05) is 0 Å². The van der Waals surface area contributed by atoms with Crippen molar-refractivity contribution in [3.63, 3.8) is 0 Å². The van der Waals surface area contributed by atoms with Gasteiger partial charge in [0, 0.05) is 38.1 Å². The Morgan fingerprint density at radius 3 is 2.52 bits per heavy atom. The highest BCUT2D eigenvalue weighted by Crippen LogP contribution is 2.34. The van der Waals surface area contributed by atoms with E-state index in [9.17, 15) is 9.90 Å². The van der Waals surface area contributed by atoms with Crippen molar-refractivity contribution in [1.82, 2.24) is 0 Å². The molecule has 0 aromatic heterocycles. The fourth-order valence-corrected chi connectivity index (χ4v) is 3.04. The maximum absolute atomic E-state index is 11.5. The molecule has 2 rings (SSSR count). The minimum atomic E-state index is -0.940. The van der Waals surface area contributed by atoms with Crippen LogP contribution in [-0.4, -0.2) is 44.5 Å². The van der Waals surface area contributed by atoms with Gasteiger partial charge in [-0.15, -0.1) is 0 Å². The number of carbonyl (C=O) groups is 1. The molecule has 1 aromatic rings. The molecule has 0 unspecified atom stereocenters. The Bertz CT molecular complexity index is 524. The van der Waals surface area contributed by atoms with Crippen LogP contribution >= 0.6 is 0 Å². The Morgan fingerprint density at radius 1 is 1.17 bits per heavy atom. The largest absolute Gasteiger partial charge is 0.492 e. The van der Waals surface area contributed by atoms with Crippen molar-refractivity contribution >= 4 is 11.7 Å². The van der Waals surface area contributed by atoms with E-state index in [2.05, 4.69) is 4.90 Å². The van der Waals surface area contributed by atoms with Gasteiger partial charge < -0.3 is 19.5 Å². The minimum Gasteiger partial charge on any atom is -0.492 e. The Morgan fingerprint density at radius 2 is 1.87 bits per heavy atom. The number of methoxy groups -OCH3 is 1. The van der Waals surface area contributed by atoms with E-state index in [-0.39, 0.29) is 5.56 Å². The zero-order valence-electron chi connectivity index (χ0n) is 14.1. The van der Waals surface area contributed by atoms with Crippen molar-refractivity contribution in [3.05, 3.63) is 23.3 Å². The second kappa shape index (κ2) is 8.77. The van der Waals surface area contributed by atoms with Crippen LogP contribution in [0.15, 0.2) is 12.1 Å². The molecule has 23 heavy (non-hydrogen) atoms. The third-order valence-corrected chi connectivity index (χ3v) is 4.29. The number of unbranched alkanes of at least 4 members (excludes halogenated alkanes) is 1. The van der Waals surface area contributed by atoms with Crippen molar-refractivity contribution in [1.29, 1.82) is 0 Å². The van der Waals surface area contributed by atoms with Crippen LogP contribution in [0.4, 0.5) is 5.69 Å². The number of piperidine rings is 1. The average Bonchev–Trinajstić information content (AvgIpc) is 2.56. The lowest BCUT2D eigenvalue weighted by molar-refractivity contribution is 0.0691. The summed E-state index contributed by atoms with van der Waals surface area (Å²) in [6, 6.07) is 3.59. The molecule has 0 radical (unpaired) electrons. The van der Waals surface area contributed by atoms with Crippen LogP contribution < -0.4 is 9.64 Å². The summed E-state index contributed by atoms with van der Waals surface area (Å²) in [6.07, 6.45) is 5.40. The molecule has 0 aliphatic carbocycles. The molecule has 1 aromatic carbocycles. The predicted octanol–water partition coefficient (Wildman–Crippen LogP) is 3.49. The number of carboxylic acid groups (broad SMARTS) is 1. The molecule has 1 N–H and O–H groups in total. The number of anilines is 1. The maximum Gasteiger partial charge on any atom is 0.339 e. The molecule has 5 nitrogen and oxygen atoms in total. The quantitative estimate of drug-likeness (QED) is 0.743. The summed E-state index contributed by atoms with van der Waals surface area (Å²) >= 11 is 0. The summed E-state index contributed by atoms with van der Waals surface area (Å²) in [5.41, 5.74) is 2.27. The molecule has 1 aliphatic rings. The van der Waals surface area contributed by atoms with Crippen molar-refractivity contribution in [2.45, 2.75) is 39.0 Å². The fourth-order valence-electron chi connectivity index (χ4n) is 3.04.